The minimum Gasteiger partial charge on any atom is -0.326 e. The fourth-order valence-electron chi connectivity index (χ4n) is 1.43. The number of hydrogen-bond acceptors (Lipinski definition) is 4. The summed E-state index contributed by atoms with van der Waals surface area (Å²) >= 11 is 1.22. The molecule has 4 nitrogen and oxygen atoms in total. The Morgan fingerprint density at radius 3 is 2.76 bits per heavy atom. The van der Waals surface area contributed by atoms with Crippen LogP contribution in [-0.4, -0.2) is 25.8 Å². The van der Waals surface area contributed by atoms with Gasteiger partial charge in [-0.05, 0) is 23.4 Å². The number of nitrogens with two attached hydrogens (primary N) is 1. The van der Waals surface area contributed by atoms with Gasteiger partial charge in [-0.1, -0.05) is 13.0 Å². The summed E-state index contributed by atoms with van der Waals surface area (Å²) in [5.41, 5.74) is 6.33. The number of sulfonamides is 1. The normalized spacial score (nSPS) is 11.9. The van der Waals surface area contributed by atoms with E-state index in [-0.39, 0.29) is 0 Å². The van der Waals surface area contributed by atoms with Gasteiger partial charge in [0.05, 0.1) is 0 Å². The molecule has 2 N–H and O–H groups in total. The van der Waals surface area contributed by atoms with Crippen LogP contribution in [0.2, 0.25) is 0 Å². The Bertz CT molecular complexity index is 466. The summed E-state index contributed by atoms with van der Waals surface area (Å²) in [4.78, 5) is 0. The van der Waals surface area contributed by atoms with Crippen LogP contribution in [0, 0.1) is 0 Å². The average Bonchev–Trinajstić information content (AvgIpc) is 2.78. The van der Waals surface area contributed by atoms with Crippen LogP contribution in [0.25, 0.3) is 0 Å². The minimum atomic E-state index is -3.39. The first-order valence-electron chi connectivity index (χ1n) is 5.44. The van der Waals surface area contributed by atoms with Gasteiger partial charge in [0.2, 0.25) is 0 Å². The van der Waals surface area contributed by atoms with Crippen molar-refractivity contribution in [3.8, 4) is 0 Å². The third kappa shape index (κ3) is 3.38. The second kappa shape index (κ2) is 6.30. The first-order chi connectivity index (χ1) is 8.06. The summed E-state index contributed by atoms with van der Waals surface area (Å²) in [5.74, 6) is 0. The molecule has 0 saturated carbocycles. The van der Waals surface area contributed by atoms with Crippen LogP contribution in [0.15, 0.2) is 28.3 Å². The standard InChI is InChI=1S/C11H18N2O2S2/c1-3-5-13(6-4-2)17(14,15)11-7-10(8-12)9-16-11/h3,7,9H,1,4-6,8,12H2,2H3. The van der Waals surface area contributed by atoms with Gasteiger partial charge < -0.3 is 5.73 Å². The fourth-order valence-corrected chi connectivity index (χ4v) is 4.30. The lowest BCUT2D eigenvalue weighted by molar-refractivity contribution is 0.443. The highest BCUT2D eigenvalue weighted by Crippen LogP contribution is 2.23. The first kappa shape index (κ1) is 14.4. The molecule has 0 aromatic carbocycles. The van der Waals surface area contributed by atoms with Crippen LogP contribution in [0.4, 0.5) is 0 Å². The maximum atomic E-state index is 12.3. The first-order valence-corrected chi connectivity index (χ1v) is 7.76. The van der Waals surface area contributed by atoms with Gasteiger partial charge in [-0.2, -0.15) is 4.31 Å². The molecule has 0 radical (unpaired) electrons. The van der Waals surface area contributed by atoms with Crippen LogP contribution in [0.5, 0.6) is 0 Å². The van der Waals surface area contributed by atoms with Crippen molar-refractivity contribution in [1.82, 2.24) is 4.31 Å². The maximum absolute atomic E-state index is 12.3. The zero-order valence-electron chi connectivity index (χ0n) is 9.93. The lowest BCUT2D eigenvalue weighted by atomic mass is 10.4. The van der Waals surface area contributed by atoms with E-state index in [2.05, 4.69) is 6.58 Å². The van der Waals surface area contributed by atoms with Gasteiger partial charge in [-0.3, -0.25) is 0 Å². The van der Waals surface area contributed by atoms with Crippen LogP contribution < -0.4 is 5.73 Å². The Morgan fingerprint density at radius 2 is 2.29 bits per heavy atom. The molecule has 0 atom stereocenters. The third-order valence-corrected chi connectivity index (χ3v) is 5.59. The fraction of sp³-hybridized carbons (Fsp3) is 0.455. The van der Waals surface area contributed by atoms with Crippen LogP contribution in [0.3, 0.4) is 0 Å². The largest absolute Gasteiger partial charge is 0.326 e. The van der Waals surface area contributed by atoms with Crippen molar-refractivity contribution in [3.05, 3.63) is 29.7 Å². The molecule has 0 amide bonds. The minimum absolute atomic E-state index is 0.339. The van der Waals surface area contributed by atoms with Crippen LogP contribution in [-0.2, 0) is 16.6 Å². The van der Waals surface area contributed by atoms with Gasteiger partial charge in [-0.25, -0.2) is 8.42 Å². The van der Waals surface area contributed by atoms with Crippen molar-refractivity contribution in [3.63, 3.8) is 0 Å². The summed E-state index contributed by atoms with van der Waals surface area (Å²) in [7, 11) is -3.39. The smallest absolute Gasteiger partial charge is 0.252 e. The van der Waals surface area contributed by atoms with Gasteiger partial charge in [0.1, 0.15) is 4.21 Å². The van der Waals surface area contributed by atoms with E-state index in [9.17, 15) is 8.42 Å². The Kier molecular flexibility index (Phi) is 5.32. The highest BCUT2D eigenvalue weighted by molar-refractivity contribution is 7.91. The molecule has 1 heterocycles. The molecule has 1 aromatic rings. The van der Waals surface area contributed by atoms with Crippen molar-refractivity contribution in [2.45, 2.75) is 24.1 Å². The molecule has 0 fully saturated rings. The van der Waals surface area contributed by atoms with Crippen LogP contribution >= 0.6 is 11.3 Å². The number of thiophene rings is 1. The lowest BCUT2D eigenvalue weighted by Gasteiger charge is -2.18. The Morgan fingerprint density at radius 1 is 1.59 bits per heavy atom. The number of hydrogen-bond donors (Lipinski definition) is 1. The van der Waals surface area contributed by atoms with Crippen molar-refractivity contribution >= 4 is 21.4 Å². The summed E-state index contributed by atoms with van der Waals surface area (Å²) in [6.45, 7) is 6.74. The van der Waals surface area contributed by atoms with E-state index in [1.165, 1.54) is 15.6 Å². The molecule has 0 bridgehead atoms. The molecule has 0 aliphatic heterocycles. The molecule has 17 heavy (non-hydrogen) atoms. The summed E-state index contributed by atoms with van der Waals surface area (Å²) < 4.78 is 26.4. The van der Waals surface area contributed by atoms with Crippen LogP contribution in [0.1, 0.15) is 18.9 Å². The van der Waals surface area contributed by atoms with E-state index in [1.807, 2.05) is 6.92 Å². The topological polar surface area (TPSA) is 63.4 Å². The third-order valence-electron chi connectivity index (χ3n) is 2.27. The quantitative estimate of drug-likeness (QED) is 0.771. The molecule has 0 unspecified atom stereocenters. The summed E-state index contributed by atoms with van der Waals surface area (Å²) in [6.07, 6.45) is 2.38. The zero-order valence-corrected chi connectivity index (χ0v) is 11.6. The molecule has 0 aliphatic carbocycles. The second-order valence-electron chi connectivity index (χ2n) is 3.63. The monoisotopic (exact) mass is 274 g/mol. The maximum Gasteiger partial charge on any atom is 0.252 e. The van der Waals surface area contributed by atoms with E-state index in [0.717, 1.165) is 12.0 Å². The predicted molar refractivity (Wildman–Crippen MR) is 71.5 cm³/mol. The Hall–Kier alpha value is -0.690. The van der Waals surface area contributed by atoms with E-state index >= 15 is 0 Å². The molecule has 96 valence electrons. The zero-order chi connectivity index (χ0) is 12.9. The van der Waals surface area contributed by atoms with E-state index in [4.69, 9.17) is 5.73 Å². The number of rotatable bonds is 7. The van der Waals surface area contributed by atoms with Crippen molar-refractivity contribution in [1.29, 1.82) is 0 Å². The second-order valence-corrected chi connectivity index (χ2v) is 6.71. The molecule has 1 rings (SSSR count). The molecule has 0 spiro atoms. The molecular weight excluding hydrogens is 256 g/mol. The molecular formula is C11H18N2O2S2. The van der Waals surface area contributed by atoms with E-state index in [0.29, 0.717) is 23.8 Å². The predicted octanol–water partition coefficient (Wildman–Crippen LogP) is 1.79. The van der Waals surface area contributed by atoms with E-state index < -0.39 is 10.0 Å². The molecule has 1 aromatic heterocycles. The highest BCUT2D eigenvalue weighted by Gasteiger charge is 2.24. The number of nitrogens with zero attached hydrogens (tertiary/aromatic N) is 1. The Labute approximate surface area is 107 Å². The SMILES string of the molecule is C=CCN(CCC)S(=O)(=O)c1cc(CN)cs1. The molecule has 0 aliphatic rings. The van der Waals surface area contributed by atoms with E-state index in [1.54, 1.807) is 17.5 Å². The van der Waals surface area contributed by atoms with Gasteiger partial charge in [0.15, 0.2) is 0 Å². The van der Waals surface area contributed by atoms with Gasteiger partial charge in [0.25, 0.3) is 10.0 Å². The van der Waals surface area contributed by atoms with Crippen molar-refractivity contribution in [2.24, 2.45) is 5.73 Å². The van der Waals surface area contributed by atoms with Crippen molar-refractivity contribution < 1.29 is 8.42 Å². The highest BCUT2D eigenvalue weighted by atomic mass is 32.2. The van der Waals surface area contributed by atoms with Crippen molar-refractivity contribution in [2.75, 3.05) is 13.1 Å². The summed E-state index contributed by atoms with van der Waals surface area (Å²) in [6, 6.07) is 1.64. The van der Waals surface area contributed by atoms with Gasteiger partial charge >= 0.3 is 0 Å². The lowest BCUT2D eigenvalue weighted by Crippen LogP contribution is -2.31. The molecule has 6 heteroatoms. The van der Waals surface area contributed by atoms with Gasteiger partial charge in [-0.15, -0.1) is 17.9 Å². The summed E-state index contributed by atoms with van der Waals surface area (Å²) in [5, 5.41) is 1.78. The average molecular weight is 274 g/mol. The van der Waals surface area contributed by atoms with Gasteiger partial charge in [0, 0.05) is 19.6 Å². The Balaban J connectivity index is 3.02. The molecule has 0 saturated heterocycles.